The molecule has 3 aliphatic heterocycles. The number of carbonyl (C=O) groups excluding carboxylic acids is 4. The maximum absolute atomic E-state index is 13.0. The Kier molecular flexibility index (Phi) is 13.2. The van der Waals surface area contributed by atoms with Crippen molar-refractivity contribution in [2.75, 3.05) is 34.2 Å². The summed E-state index contributed by atoms with van der Waals surface area (Å²) in [6.45, 7) is 2.27. The number of carbonyl (C=O) groups is 4. The molecule has 278 valence electrons. The van der Waals surface area contributed by atoms with Crippen LogP contribution >= 0.6 is 0 Å². The Labute approximate surface area is 296 Å². The van der Waals surface area contributed by atoms with Gasteiger partial charge in [0.1, 0.15) is 24.5 Å². The van der Waals surface area contributed by atoms with E-state index in [-0.39, 0.29) is 38.7 Å². The molecule has 2 fully saturated rings. The molecule has 51 heavy (non-hydrogen) atoms. The first-order valence-corrected chi connectivity index (χ1v) is 17.2. The molecule has 2 saturated heterocycles. The van der Waals surface area contributed by atoms with Gasteiger partial charge in [-0.25, -0.2) is 14.4 Å². The Balaban J connectivity index is 1.15. The van der Waals surface area contributed by atoms with Crippen LogP contribution in [-0.4, -0.2) is 88.4 Å². The highest BCUT2D eigenvalue weighted by atomic mass is 16.7. The van der Waals surface area contributed by atoms with Gasteiger partial charge in [-0.2, -0.15) is 0 Å². The van der Waals surface area contributed by atoms with Gasteiger partial charge in [0.2, 0.25) is 12.7 Å². The average molecular weight is 714 g/mol. The van der Waals surface area contributed by atoms with Crippen LogP contribution in [-0.2, 0) is 46.2 Å². The van der Waals surface area contributed by atoms with Crippen molar-refractivity contribution in [2.45, 2.75) is 95.0 Å². The summed E-state index contributed by atoms with van der Waals surface area (Å²) in [7, 11) is 2.86. The maximum Gasteiger partial charge on any atom is 0.407 e. The van der Waals surface area contributed by atoms with Crippen LogP contribution in [0.15, 0.2) is 42.5 Å². The molecule has 15 heteroatoms. The first-order chi connectivity index (χ1) is 24.6. The molecule has 0 saturated carbocycles. The van der Waals surface area contributed by atoms with Crippen LogP contribution in [0.25, 0.3) is 0 Å². The lowest BCUT2D eigenvalue weighted by Crippen LogP contribution is -2.53. The van der Waals surface area contributed by atoms with E-state index in [4.69, 9.17) is 37.9 Å². The Morgan fingerprint density at radius 2 is 1.78 bits per heavy atom. The van der Waals surface area contributed by atoms with Gasteiger partial charge in [-0.05, 0) is 61.9 Å². The molecule has 5 atom stereocenters. The van der Waals surface area contributed by atoms with Gasteiger partial charge in [-0.15, -0.1) is 0 Å². The predicted molar refractivity (Wildman–Crippen MR) is 180 cm³/mol. The van der Waals surface area contributed by atoms with E-state index in [9.17, 15) is 19.2 Å². The van der Waals surface area contributed by atoms with Crippen LogP contribution in [0, 0.1) is 0 Å². The SMILES string of the molecule is COC(=O)[C@H](C)NC(=O)CC[C@@H]1C[C@@H](OC(=O)NCc2ccc3c(c2)OCO3)C[C@@]2(CCC[C@H](COC(=O)NCCc3ccccc3OC)O2)O1. The van der Waals surface area contributed by atoms with Crippen molar-refractivity contribution in [1.29, 1.82) is 0 Å². The van der Waals surface area contributed by atoms with E-state index in [1.165, 1.54) is 7.11 Å². The van der Waals surface area contributed by atoms with Crippen LogP contribution in [0.4, 0.5) is 9.59 Å². The largest absolute Gasteiger partial charge is 0.496 e. The molecular weight excluding hydrogens is 666 g/mol. The third-order valence-electron chi connectivity index (χ3n) is 8.94. The zero-order valence-electron chi connectivity index (χ0n) is 29.2. The van der Waals surface area contributed by atoms with E-state index in [1.807, 2.05) is 30.3 Å². The van der Waals surface area contributed by atoms with Gasteiger partial charge in [0.05, 0.1) is 26.4 Å². The molecule has 2 aromatic rings. The zero-order chi connectivity index (χ0) is 36.2. The van der Waals surface area contributed by atoms with Crippen molar-refractivity contribution >= 4 is 24.1 Å². The van der Waals surface area contributed by atoms with E-state index in [0.29, 0.717) is 50.1 Å². The predicted octanol–water partition coefficient (Wildman–Crippen LogP) is 3.89. The average Bonchev–Trinajstić information content (AvgIpc) is 3.60. The minimum atomic E-state index is -1.12. The fourth-order valence-electron chi connectivity index (χ4n) is 6.45. The molecule has 1 spiro atoms. The summed E-state index contributed by atoms with van der Waals surface area (Å²) in [5.41, 5.74) is 1.78. The molecule has 0 radical (unpaired) electrons. The molecule has 3 heterocycles. The van der Waals surface area contributed by atoms with E-state index in [0.717, 1.165) is 23.3 Å². The number of rotatable bonds is 14. The van der Waals surface area contributed by atoms with E-state index < -0.39 is 48.3 Å². The summed E-state index contributed by atoms with van der Waals surface area (Å²) >= 11 is 0. The number of fused-ring (bicyclic) bond motifs is 1. The Morgan fingerprint density at radius 3 is 2.61 bits per heavy atom. The van der Waals surface area contributed by atoms with Gasteiger partial charge in [-0.3, -0.25) is 4.79 Å². The lowest BCUT2D eigenvalue weighted by molar-refractivity contribution is -0.329. The topological polar surface area (TPSA) is 178 Å². The number of hydrogen-bond donors (Lipinski definition) is 3. The van der Waals surface area contributed by atoms with Crippen molar-refractivity contribution in [3.05, 3.63) is 53.6 Å². The van der Waals surface area contributed by atoms with Gasteiger partial charge in [0, 0.05) is 38.8 Å². The number of nitrogens with one attached hydrogen (secondary N) is 3. The number of hydrogen-bond acceptors (Lipinski definition) is 12. The minimum absolute atomic E-state index is 0.00559. The van der Waals surface area contributed by atoms with E-state index in [1.54, 1.807) is 26.2 Å². The first-order valence-electron chi connectivity index (χ1n) is 17.2. The minimum Gasteiger partial charge on any atom is -0.496 e. The fraction of sp³-hybridized carbons (Fsp3) is 0.556. The summed E-state index contributed by atoms with van der Waals surface area (Å²) in [4.78, 5) is 49.9. The summed E-state index contributed by atoms with van der Waals surface area (Å²) in [5, 5.41) is 8.18. The molecule has 15 nitrogen and oxygen atoms in total. The highest BCUT2D eigenvalue weighted by Gasteiger charge is 2.47. The summed E-state index contributed by atoms with van der Waals surface area (Å²) in [6.07, 6.45) is 0.675. The smallest absolute Gasteiger partial charge is 0.407 e. The summed E-state index contributed by atoms with van der Waals surface area (Å²) in [5.74, 6) is -0.00388. The second-order valence-electron chi connectivity index (χ2n) is 12.7. The third kappa shape index (κ3) is 10.9. The normalized spacial score (nSPS) is 22.7. The highest BCUT2D eigenvalue weighted by Crippen LogP contribution is 2.41. The molecule has 2 aromatic carbocycles. The van der Waals surface area contributed by atoms with Crippen molar-refractivity contribution in [2.24, 2.45) is 0 Å². The molecule has 0 unspecified atom stereocenters. The molecule has 3 amide bonds. The first kappa shape index (κ1) is 37.5. The number of esters is 1. The molecule has 5 rings (SSSR count). The molecule has 3 aliphatic rings. The van der Waals surface area contributed by atoms with Gasteiger partial charge in [0.15, 0.2) is 17.3 Å². The van der Waals surface area contributed by atoms with Crippen LogP contribution in [0.2, 0.25) is 0 Å². The summed E-state index contributed by atoms with van der Waals surface area (Å²) < 4.78 is 45.2. The van der Waals surface area contributed by atoms with Crippen LogP contribution < -0.4 is 30.2 Å². The number of para-hydroxylation sites is 1. The number of amides is 3. The van der Waals surface area contributed by atoms with Crippen molar-refractivity contribution in [3.8, 4) is 17.2 Å². The quantitative estimate of drug-likeness (QED) is 0.190. The summed E-state index contributed by atoms with van der Waals surface area (Å²) in [6, 6.07) is 12.2. The molecular formula is C36H47N3O12. The van der Waals surface area contributed by atoms with Gasteiger partial charge < -0.3 is 53.8 Å². The lowest BCUT2D eigenvalue weighted by Gasteiger charge is -2.47. The van der Waals surface area contributed by atoms with Gasteiger partial charge in [0.25, 0.3) is 0 Å². The number of methoxy groups -OCH3 is 2. The van der Waals surface area contributed by atoms with Gasteiger partial charge in [-0.1, -0.05) is 24.3 Å². The molecule has 0 aromatic heterocycles. The Morgan fingerprint density at radius 1 is 0.980 bits per heavy atom. The van der Waals surface area contributed by atoms with Crippen LogP contribution in [0.3, 0.4) is 0 Å². The van der Waals surface area contributed by atoms with Crippen LogP contribution in [0.1, 0.15) is 63.0 Å². The standard InChI is InChI=1S/C36H47N3O12/c1-23(33(41)45-3)39-32(40)13-11-26-18-28(49-35(43)38-20-24-10-12-30-31(17-24)48-22-47-30)19-36(50-26)15-6-8-27(51-36)21-46-34(42)37-16-14-25-7-4-5-9-29(25)44-2/h4-5,7,9-10,12,17,23,26-28H,6,8,11,13-16,18-22H2,1-3H3,(H,37,42)(H,38,43)(H,39,40)/t23-,26+,27+,28+,36-/m0/s1. The Hall–Kier alpha value is -4.76. The Bertz CT molecular complexity index is 1520. The van der Waals surface area contributed by atoms with Crippen molar-refractivity contribution < 1.29 is 57.1 Å². The van der Waals surface area contributed by atoms with Crippen molar-refractivity contribution in [3.63, 3.8) is 0 Å². The van der Waals surface area contributed by atoms with E-state index >= 15 is 0 Å². The number of benzene rings is 2. The number of ether oxygens (including phenoxy) is 8. The molecule has 3 N–H and O–H groups in total. The fourth-order valence-corrected chi connectivity index (χ4v) is 6.45. The van der Waals surface area contributed by atoms with Gasteiger partial charge >= 0.3 is 18.2 Å². The zero-order valence-corrected chi connectivity index (χ0v) is 29.2. The second-order valence-corrected chi connectivity index (χ2v) is 12.7. The maximum atomic E-state index is 13.0. The van der Waals surface area contributed by atoms with Crippen LogP contribution in [0.5, 0.6) is 17.2 Å². The monoisotopic (exact) mass is 713 g/mol. The van der Waals surface area contributed by atoms with Crippen molar-refractivity contribution in [1.82, 2.24) is 16.0 Å². The molecule has 0 bridgehead atoms. The lowest BCUT2D eigenvalue weighted by atomic mass is 9.90. The number of alkyl carbamates (subject to hydrolysis) is 2. The second kappa shape index (κ2) is 17.9. The molecule has 0 aliphatic carbocycles. The van der Waals surface area contributed by atoms with E-state index in [2.05, 4.69) is 16.0 Å². The highest BCUT2D eigenvalue weighted by molar-refractivity contribution is 5.84. The third-order valence-corrected chi connectivity index (χ3v) is 8.94.